The Hall–Kier alpha value is -2.74. The Labute approximate surface area is 189 Å². The molecule has 0 aliphatic carbocycles. The van der Waals surface area contributed by atoms with Gasteiger partial charge in [0.2, 0.25) is 10.0 Å². The molecule has 0 aromatic heterocycles. The van der Waals surface area contributed by atoms with Crippen molar-refractivity contribution in [3.05, 3.63) is 71.8 Å². The SMILES string of the molecule is Cc1ccccc1C(=O)Nc1ccc(S(=O)(=O)NC(C)C2CCCCN2)c2ccccc12. The van der Waals surface area contributed by atoms with Gasteiger partial charge in [-0.1, -0.05) is 48.9 Å². The highest BCUT2D eigenvalue weighted by atomic mass is 32.2. The van der Waals surface area contributed by atoms with E-state index in [1.807, 2.05) is 44.2 Å². The van der Waals surface area contributed by atoms with Crippen molar-refractivity contribution >= 4 is 32.4 Å². The summed E-state index contributed by atoms with van der Waals surface area (Å²) in [6.45, 7) is 4.70. The Morgan fingerprint density at radius 2 is 1.72 bits per heavy atom. The molecule has 1 heterocycles. The minimum atomic E-state index is -3.74. The van der Waals surface area contributed by atoms with E-state index < -0.39 is 10.0 Å². The summed E-state index contributed by atoms with van der Waals surface area (Å²) in [7, 11) is -3.74. The smallest absolute Gasteiger partial charge is 0.255 e. The zero-order valence-corrected chi connectivity index (χ0v) is 19.2. The molecule has 1 amide bonds. The summed E-state index contributed by atoms with van der Waals surface area (Å²) in [4.78, 5) is 13.0. The first-order valence-electron chi connectivity index (χ1n) is 11.0. The first kappa shape index (κ1) is 22.5. The Kier molecular flexibility index (Phi) is 6.60. The minimum absolute atomic E-state index is 0.123. The van der Waals surface area contributed by atoms with Crippen LogP contribution in [-0.2, 0) is 10.0 Å². The summed E-state index contributed by atoms with van der Waals surface area (Å²) >= 11 is 0. The average Bonchev–Trinajstić information content (AvgIpc) is 2.79. The van der Waals surface area contributed by atoms with Crippen LogP contribution in [0.15, 0.2) is 65.6 Å². The number of piperidine rings is 1. The van der Waals surface area contributed by atoms with E-state index in [1.165, 1.54) is 0 Å². The predicted octanol–water partition coefficient (Wildman–Crippen LogP) is 4.21. The van der Waals surface area contributed by atoms with E-state index in [4.69, 9.17) is 0 Å². The fourth-order valence-electron chi connectivity index (χ4n) is 4.33. The quantitative estimate of drug-likeness (QED) is 0.524. The van der Waals surface area contributed by atoms with Crippen LogP contribution in [0.5, 0.6) is 0 Å². The normalized spacial score (nSPS) is 17.8. The number of fused-ring (bicyclic) bond motifs is 1. The highest BCUT2D eigenvalue weighted by Crippen LogP contribution is 2.30. The fraction of sp³-hybridized carbons (Fsp3) is 0.320. The average molecular weight is 452 g/mol. The van der Waals surface area contributed by atoms with E-state index in [9.17, 15) is 13.2 Å². The topological polar surface area (TPSA) is 87.3 Å². The molecule has 4 rings (SSSR count). The molecule has 168 valence electrons. The molecular formula is C25H29N3O3S. The van der Waals surface area contributed by atoms with Crippen LogP contribution in [0.25, 0.3) is 10.8 Å². The van der Waals surface area contributed by atoms with Crippen LogP contribution in [0.1, 0.15) is 42.1 Å². The van der Waals surface area contributed by atoms with Gasteiger partial charge in [0.25, 0.3) is 5.91 Å². The van der Waals surface area contributed by atoms with Crippen LogP contribution in [0.2, 0.25) is 0 Å². The van der Waals surface area contributed by atoms with Crippen molar-refractivity contribution in [2.75, 3.05) is 11.9 Å². The Balaban J connectivity index is 1.64. The van der Waals surface area contributed by atoms with Crippen molar-refractivity contribution in [2.45, 2.75) is 50.1 Å². The van der Waals surface area contributed by atoms with Gasteiger partial charge in [-0.05, 0) is 57.0 Å². The molecule has 2 atom stereocenters. The maximum atomic E-state index is 13.3. The van der Waals surface area contributed by atoms with Gasteiger partial charge in [0.05, 0.1) is 4.90 Å². The van der Waals surface area contributed by atoms with Crippen molar-refractivity contribution in [1.82, 2.24) is 10.0 Å². The molecule has 2 unspecified atom stereocenters. The third kappa shape index (κ3) is 4.70. The van der Waals surface area contributed by atoms with E-state index in [-0.39, 0.29) is 22.9 Å². The fourth-order valence-corrected chi connectivity index (χ4v) is 5.82. The molecular weight excluding hydrogens is 422 g/mol. The largest absolute Gasteiger partial charge is 0.321 e. The summed E-state index contributed by atoms with van der Waals surface area (Å²) in [6.07, 6.45) is 3.17. The molecule has 7 heteroatoms. The van der Waals surface area contributed by atoms with E-state index in [0.29, 0.717) is 22.0 Å². The number of carbonyl (C=O) groups is 1. The second-order valence-electron chi connectivity index (χ2n) is 8.39. The number of amides is 1. The number of rotatable bonds is 6. The molecule has 32 heavy (non-hydrogen) atoms. The number of aryl methyl sites for hydroxylation is 1. The second-order valence-corrected chi connectivity index (χ2v) is 10.1. The lowest BCUT2D eigenvalue weighted by Gasteiger charge is -2.29. The minimum Gasteiger partial charge on any atom is -0.321 e. The van der Waals surface area contributed by atoms with Gasteiger partial charge in [-0.2, -0.15) is 0 Å². The zero-order chi connectivity index (χ0) is 22.7. The van der Waals surface area contributed by atoms with E-state index in [2.05, 4.69) is 15.4 Å². The molecule has 0 spiro atoms. The van der Waals surface area contributed by atoms with E-state index >= 15 is 0 Å². The molecule has 0 bridgehead atoms. The summed E-state index contributed by atoms with van der Waals surface area (Å²) in [5.41, 5.74) is 2.04. The Bertz CT molecular complexity index is 1230. The monoisotopic (exact) mass is 451 g/mol. The summed E-state index contributed by atoms with van der Waals surface area (Å²) in [6, 6.07) is 17.7. The molecule has 6 nitrogen and oxygen atoms in total. The molecule has 1 aliphatic rings. The summed E-state index contributed by atoms with van der Waals surface area (Å²) < 4.78 is 29.4. The number of carbonyl (C=O) groups excluding carboxylic acids is 1. The van der Waals surface area contributed by atoms with Crippen LogP contribution >= 0.6 is 0 Å². The molecule has 0 radical (unpaired) electrons. The van der Waals surface area contributed by atoms with Crippen molar-refractivity contribution < 1.29 is 13.2 Å². The van der Waals surface area contributed by atoms with Crippen molar-refractivity contribution in [3.63, 3.8) is 0 Å². The standard InChI is InChI=1S/C25H29N3O3S/c1-17-9-3-4-10-19(17)25(29)27-23-14-15-24(21-12-6-5-11-20(21)23)32(30,31)28-18(2)22-13-7-8-16-26-22/h3-6,9-12,14-15,18,22,26,28H,7-8,13,16H2,1-2H3,(H,27,29). The molecule has 3 aromatic carbocycles. The van der Waals surface area contributed by atoms with Gasteiger partial charge in [0.15, 0.2) is 0 Å². The third-order valence-electron chi connectivity index (χ3n) is 6.10. The van der Waals surface area contributed by atoms with Gasteiger partial charge in [-0.3, -0.25) is 4.79 Å². The van der Waals surface area contributed by atoms with Crippen LogP contribution in [-0.4, -0.2) is 33.0 Å². The first-order chi connectivity index (χ1) is 15.4. The lowest BCUT2D eigenvalue weighted by atomic mass is 10.00. The van der Waals surface area contributed by atoms with Crippen LogP contribution in [0.4, 0.5) is 5.69 Å². The van der Waals surface area contributed by atoms with Crippen LogP contribution < -0.4 is 15.4 Å². The lowest BCUT2D eigenvalue weighted by Crippen LogP contribution is -2.50. The number of hydrogen-bond donors (Lipinski definition) is 3. The third-order valence-corrected chi connectivity index (χ3v) is 7.72. The number of anilines is 1. The molecule has 0 saturated carbocycles. The summed E-state index contributed by atoms with van der Waals surface area (Å²) in [5.74, 6) is -0.223. The van der Waals surface area contributed by atoms with Gasteiger partial charge >= 0.3 is 0 Å². The predicted molar refractivity (Wildman–Crippen MR) is 129 cm³/mol. The lowest BCUT2D eigenvalue weighted by molar-refractivity contribution is 0.102. The maximum Gasteiger partial charge on any atom is 0.255 e. The Morgan fingerprint density at radius 1 is 1.00 bits per heavy atom. The van der Waals surface area contributed by atoms with Gasteiger partial charge < -0.3 is 10.6 Å². The molecule has 1 fully saturated rings. The zero-order valence-electron chi connectivity index (χ0n) is 18.4. The highest BCUT2D eigenvalue weighted by Gasteiger charge is 2.26. The van der Waals surface area contributed by atoms with Gasteiger partial charge in [0.1, 0.15) is 0 Å². The maximum absolute atomic E-state index is 13.3. The molecule has 3 aromatic rings. The summed E-state index contributed by atoms with van der Waals surface area (Å²) in [5, 5.41) is 7.61. The van der Waals surface area contributed by atoms with Crippen molar-refractivity contribution in [1.29, 1.82) is 0 Å². The highest BCUT2D eigenvalue weighted by molar-refractivity contribution is 7.89. The van der Waals surface area contributed by atoms with Crippen molar-refractivity contribution in [3.8, 4) is 0 Å². The Morgan fingerprint density at radius 3 is 2.44 bits per heavy atom. The van der Waals surface area contributed by atoms with Crippen molar-refractivity contribution in [2.24, 2.45) is 0 Å². The van der Waals surface area contributed by atoms with Crippen LogP contribution in [0.3, 0.4) is 0 Å². The van der Waals surface area contributed by atoms with Crippen LogP contribution in [0, 0.1) is 6.92 Å². The van der Waals surface area contributed by atoms with Gasteiger partial charge in [-0.25, -0.2) is 13.1 Å². The van der Waals surface area contributed by atoms with Gasteiger partial charge in [-0.15, -0.1) is 0 Å². The number of sulfonamides is 1. The molecule has 1 saturated heterocycles. The van der Waals surface area contributed by atoms with E-state index in [1.54, 1.807) is 30.3 Å². The molecule has 1 aliphatic heterocycles. The number of hydrogen-bond acceptors (Lipinski definition) is 4. The number of nitrogens with one attached hydrogen (secondary N) is 3. The second kappa shape index (κ2) is 9.40. The van der Waals surface area contributed by atoms with Gasteiger partial charge in [0, 0.05) is 34.1 Å². The molecule has 3 N–H and O–H groups in total. The van der Waals surface area contributed by atoms with E-state index in [0.717, 1.165) is 31.4 Å². The number of benzene rings is 3. The first-order valence-corrected chi connectivity index (χ1v) is 12.5.